The molecule has 0 heterocycles. The summed E-state index contributed by atoms with van der Waals surface area (Å²) in [5.74, 6) is 2.12. The molecule has 0 aliphatic heterocycles. The molecule has 0 saturated heterocycles. The Hall–Kier alpha value is -2.40. The van der Waals surface area contributed by atoms with E-state index in [2.05, 4.69) is 15.6 Å². The fraction of sp³-hybridized carbons (Fsp3) is 0.278. The SMILES string of the molecule is CN=C(NCc1cccc(Cl)c1)NCc1cccc(OC)c1OC. The quantitative estimate of drug-likeness (QED) is 0.622. The molecule has 5 nitrogen and oxygen atoms in total. The molecule has 0 aromatic heterocycles. The average molecular weight is 348 g/mol. The summed E-state index contributed by atoms with van der Waals surface area (Å²) in [5.41, 5.74) is 2.08. The molecule has 0 amide bonds. The number of hydrogen-bond acceptors (Lipinski definition) is 3. The van der Waals surface area contributed by atoms with Crippen LogP contribution < -0.4 is 20.1 Å². The van der Waals surface area contributed by atoms with Gasteiger partial charge in [-0.05, 0) is 23.8 Å². The molecule has 2 aromatic rings. The zero-order valence-corrected chi connectivity index (χ0v) is 14.9. The van der Waals surface area contributed by atoms with Crippen LogP contribution in [0.15, 0.2) is 47.5 Å². The van der Waals surface area contributed by atoms with Gasteiger partial charge in [0, 0.05) is 30.7 Å². The number of hydrogen-bond donors (Lipinski definition) is 2. The van der Waals surface area contributed by atoms with E-state index in [4.69, 9.17) is 21.1 Å². The first kappa shape index (κ1) is 17.9. The van der Waals surface area contributed by atoms with Gasteiger partial charge in [-0.25, -0.2) is 0 Å². The Bertz CT molecular complexity index is 704. The summed E-state index contributed by atoms with van der Waals surface area (Å²) in [5, 5.41) is 7.25. The fourth-order valence-electron chi connectivity index (χ4n) is 2.33. The fourth-order valence-corrected chi connectivity index (χ4v) is 2.54. The monoisotopic (exact) mass is 347 g/mol. The van der Waals surface area contributed by atoms with Crippen LogP contribution in [0, 0.1) is 0 Å². The molecule has 24 heavy (non-hydrogen) atoms. The number of para-hydroxylation sites is 1. The molecule has 0 unspecified atom stereocenters. The van der Waals surface area contributed by atoms with Gasteiger partial charge in [0.25, 0.3) is 0 Å². The highest BCUT2D eigenvalue weighted by Crippen LogP contribution is 2.30. The van der Waals surface area contributed by atoms with Gasteiger partial charge in [0.2, 0.25) is 0 Å². The second-order valence-electron chi connectivity index (χ2n) is 5.06. The lowest BCUT2D eigenvalue weighted by Gasteiger charge is -2.15. The lowest BCUT2D eigenvalue weighted by atomic mass is 10.2. The summed E-state index contributed by atoms with van der Waals surface area (Å²) in [4.78, 5) is 4.23. The Morgan fingerprint density at radius 3 is 2.46 bits per heavy atom. The average Bonchev–Trinajstić information content (AvgIpc) is 2.61. The summed E-state index contributed by atoms with van der Waals surface area (Å²) in [6, 6.07) is 13.5. The first-order valence-corrected chi connectivity index (χ1v) is 7.94. The van der Waals surface area contributed by atoms with Crippen LogP contribution >= 0.6 is 11.6 Å². The van der Waals surface area contributed by atoms with Crippen molar-refractivity contribution in [2.24, 2.45) is 4.99 Å². The maximum absolute atomic E-state index is 6.00. The predicted octanol–water partition coefficient (Wildman–Crippen LogP) is 3.22. The molecule has 0 saturated carbocycles. The van der Waals surface area contributed by atoms with E-state index in [9.17, 15) is 0 Å². The Balaban J connectivity index is 1.97. The summed E-state index contributed by atoms with van der Waals surface area (Å²) in [6.07, 6.45) is 0. The largest absolute Gasteiger partial charge is 0.493 e. The third-order valence-corrected chi connectivity index (χ3v) is 3.74. The van der Waals surface area contributed by atoms with Crippen molar-refractivity contribution in [3.05, 3.63) is 58.6 Å². The van der Waals surface area contributed by atoms with Crippen molar-refractivity contribution in [3.8, 4) is 11.5 Å². The van der Waals surface area contributed by atoms with E-state index in [1.54, 1.807) is 21.3 Å². The van der Waals surface area contributed by atoms with Crippen molar-refractivity contribution in [1.29, 1.82) is 0 Å². The van der Waals surface area contributed by atoms with Crippen molar-refractivity contribution in [1.82, 2.24) is 10.6 Å². The highest BCUT2D eigenvalue weighted by atomic mass is 35.5. The Morgan fingerprint density at radius 1 is 1.04 bits per heavy atom. The minimum atomic E-state index is 0.565. The van der Waals surface area contributed by atoms with Crippen molar-refractivity contribution in [3.63, 3.8) is 0 Å². The topological polar surface area (TPSA) is 54.9 Å². The highest BCUT2D eigenvalue weighted by molar-refractivity contribution is 6.30. The Kier molecular flexibility index (Phi) is 6.75. The highest BCUT2D eigenvalue weighted by Gasteiger charge is 2.09. The molecule has 0 bridgehead atoms. The van der Waals surface area contributed by atoms with Gasteiger partial charge in [0.05, 0.1) is 14.2 Å². The number of guanidine groups is 1. The summed E-state index contributed by atoms with van der Waals surface area (Å²) in [7, 11) is 4.99. The second kappa shape index (κ2) is 9.03. The van der Waals surface area contributed by atoms with Crippen molar-refractivity contribution in [2.75, 3.05) is 21.3 Å². The maximum atomic E-state index is 6.00. The summed E-state index contributed by atoms with van der Waals surface area (Å²) >= 11 is 6.00. The second-order valence-corrected chi connectivity index (χ2v) is 5.50. The number of methoxy groups -OCH3 is 2. The van der Waals surface area contributed by atoms with E-state index in [0.717, 1.165) is 21.9 Å². The van der Waals surface area contributed by atoms with Crippen LogP contribution in [0.1, 0.15) is 11.1 Å². The van der Waals surface area contributed by atoms with Gasteiger partial charge in [-0.15, -0.1) is 0 Å². The lowest BCUT2D eigenvalue weighted by molar-refractivity contribution is 0.351. The molecule has 128 valence electrons. The van der Waals surface area contributed by atoms with Crippen LogP contribution in [-0.2, 0) is 13.1 Å². The molecule has 6 heteroatoms. The van der Waals surface area contributed by atoms with Crippen LogP contribution in [0.3, 0.4) is 0 Å². The lowest BCUT2D eigenvalue weighted by Crippen LogP contribution is -2.36. The van der Waals surface area contributed by atoms with Gasteiger partial charge in [-0.1, -0.05) is 35.9 Å². The molecule has 2 rings (SSSR count). The molecular formula is C18H22ClN3O2. The molecule has 0 spiro atoms. The van der Waals surface area contributed by atoms with E-state index in [0.29, 0.717) is 24.8 Å². The van der Waals surface area contributed by atoms with Crippen LogP contribution in [0.25, 0.3) is 0 Å². The first-order valence-electron chi connectivity index (χ1n) is 7.56. The number of rotatable bonds is 6. The normalized spacial score (nSPS) is 11.1. The minimum Gasteiger partial charge on any atom is -0.493 e. The minimum absolute atomic E-state index is 0.565. The zero-order chi connectivity index (χ0) is 17.4. The van der Waals surface area contributed by atoms with Crippen LogP contribution in [0.4, 0.5) is 0 Å². The number of benzene rings is 2. The zero-order valence-electron chi connectivity index (χ0n) is 14.1. The van der Waals surface area contributed by atoms with Gasteiger partial charge in [-0.2, -0.15) is 0 Å². The molecule has 0 fully saturated rings. The van der Waals surface area contributed by atoms with Crippen LogP contribution in [0.2, 0.25) is 5.02 Å². The number of nitrogens with zero attached hydrogens (tertiary/aromatic N) is 1. The van der Waals surface area contributed by atoms with Gasteiger partial charge < -0.3 is 20.1 Å². The molecular weight excluding hydrogens is 326 g/mol. The van der Waals surface area contributed by atoms with Crippen molar-refractivity contribution < 1.29 is 9.47 Å². The third kappa shape index (κ3) is 4.80. The maximum Gasteiger partial charge on any atom is 0.191 e. The Labute approximate surface area is 147 Å². The Morgan fingerprint density at radius 2 is 1.79 bits per heavy atom. The molecule has 2 aromatic carbocycles. The van der Waals surface area contributed by atoms with Gasteiger partial charge in [0.1, 0.15) is 0 Å². The van der Waals surface area contributed by atoms with E-state index >= 15 is 0 Å². The summed E-state index contributed by atoms with van der Waals surface area (Å²) < 4.78 is 10.8. The first-order chi connectivity index (χ1) is 11.7. The van der Waals surface area contributed by atoms with E-state index in [-0.39, 0.29) is 0 Å². The van der Waals surface area contributed by atoms with Crippen LogP contribution in [-0.4, -0.2) is 27.2 Å². The van der Waals surface area contributed by atoms with Crippen molar-refractivity contribution in [2.45, 2.75) is 13.1 Å². The molecule has 2 N–H and O–H groups in total. The summed E-state index contributed by atoms with van der Waals surface area (Å²) in [6.45, 7) is 1.20. The number of halogens is 1. The number of nitrogens with one attached hydrogen (secondary N) is 2. The molecule has 0 aliphatic rings. The number of aliphatic imine (C=N–C) groups is 1. The molecule has 0 aliphatic carbocycles. The van der Waals surface area contributed by atoms with E-state index in [1.807, 2.05) is 42.5 Å². The van der Waals surface area contributed by atoms with E-state index < -0.39 is 0 Å². The van der Waals surface area contributed by atoms with Gasteiger partial charge >= 0.3 is 0 Å². The third-order valence-electron chi connectivity index (χ3n) is 3.50. The van der Waals surface area contributed by atoms with Gasteiger partial charge in [0.15, 0.2) is 17.5 Å². The predicted molar refractivity (Wildman–Crippen MR) is 98.0 cm³/mol. The van der Waals surface area contributed by atoms with E-state index in [1.165, 1.54) is 0 Å². The molecule has 0 radical (unpaired) electrons. The molecule has 0 atom stereocenters. The van der Waals surface area contributed by atoms with Crippen molar-refractivity contribution >= 4 is 17.6 Å². The number of ether oxygens (including phenoxy) is 2. The van der Waals surface area contributed by atoms with Gasteiger partial charge in [-0.3, -0.25) is 4.99 Å². The smallest absolute Gasteiger partial charge is 0.191 e. The standard InChI is InChI=1S/C18H22ClN3O2/c1-20-18(21-11-13-6-4-8-15(19)10-13)22-12-14-7-5-9-16(23-2)17(14)24-3/h4-10H,11-12H2,1-3H3,(H2,20,21,22). The van der Waals surface area contributed by atoms with Crippen LogP contribution in [0.5, 0.6) is 11.5 Å².